The molecule has 0 bridgehead atoms. The first kappa shape index (κ1) is 39.5. The van der Waals surface area contributed by atoms with Crippen molar-refractivity contribution >= 4 is 11.7 Å². The highest BCUT2D eigenvalue weighted by atomic mass is 16.6. The van der Waals surface area contributed by atoms with Gasteiger partial charge in [-0.25, -0.2) is 4.79 Å². The molecule has 0 amide bonds. The minimum Gasteiger partial charge on any atom is -0.464 e. The monoisotopic (exact) mass is 739 g/mol. The van der Waals surface area contributed by atoms with E-state index in [2.05, 4.69) is 6.58 Å². The van der Waals surface area contributed by atoms with Crippen LogP contribution in [0.3, 0.4) is 0 Å². The van der Waals surface area contributed by atoms with Crippen molar-refractivity contribution in [1.82, 2.24) is 0 Å². The van der Waals surface area contributed by atoms with Gasteiger partial charge in [0.05, 0.1) is 46.7 Å². The molecule has 0 aromatic heterocycles. The van der Waals surface area contributed by atoms with Crippen LogP contribution in [0.15, 0.2) is 169 Å². The molecule has 5 aromatic carbocycles. The van der Waals surface area contributed by atoms with Crippen LogP contribution in [-0.2, 0) is 66.2 Å². The number of methoxy groups -OCH3 is 1. The van der Waals surface area contributed by atoms with Gasteiger partial charge in [0.1, 0.15) is 30.0 Å². The van der Waals surface area contributed by atoms with E-state index in [9.17, 15) is 4.79 Å². The molecule has 0 N–H and O–H groups in total. The Morgan fingerprint density at radius 1 is 0.636 bits per heavy atom. The van der Waals surface area contributed by atoms with Gasteiger partial charge in [0, 0.05) is 6.42 Å². The molecule has 0 aliphatic carbocycles. The average Bonchev–Trinajstić information content (AvgIpc) is 3.24. The van der Waals surface area contributed by atoms with Crippen molar-refractivity contribution in [2.24, 2.45) is 4.99 Å². The summed E-state index contributed by atoms with van der Waals surface area (Å²) < 4.78 is 39.9. The van der Waals surface area contributed by atoms with Gasteiger partial charge in [-0.05, 0) is 27.8 Å². The molecule has 0 saturated carbocycles. The highest BCUT2D eigenvalue weighted by Crippen LogP contribution is 2.41. The molecule has 5 aromatic rings. The molecule has 2 unspecified atom stereocenters. The maximum absolute atomic E-state index is 14.1. The fourth-order valence-electron chi connectivity index (χ4n) is 6.84. The quantitative estimate of drug-likeness (QED) is 0.0477. The van der Waals surface area contributed by atoms with Gasteiger partial charge in [0.15, 0.2) is 5.71 Å². The van der Waals surface area contributed by atoms with E-state index in [-0.39, 0.29) is 45.1 Å². The zero-order chi connectivity index (χ0) is 38.1. The van der Waals surface area contributed by atoms with Crippen molar-refractivity contribution < 1.29 is 33.2 Å². The highest BCUT2D eigenvalue weighted by molar-refractivity contribution is 6.40. The van der Waals surface area contributed by atoms with Crippen molar-refractivity contribution in [2.75, 3.05) is 13.7 Å². The van der Waals surface area contributed by atoms with E-state index in [1.807, 2.05) is 152 Å². The molecule has 8 nitrogen and oxygen atoms in total. The number of carbonyl (C=O) groups is 1. The van der Waals surface area contributed by atoms with Crippen LogP contribution in [0.25, 0.3) is 0 Å². The highest BCUT2D eigenvalue weighted by Gasteiger charge is 2.60. The van der Waals surface area contributed by atoms with E-state index < -0.39 is 36.0 Å². The molecule has 0 radical (unpaired) electrons. The second kappa shape index (κ2) is 20.5. The van der Waals surface area contributed by atoms with E-state index in [0.717, 1.165) is 27.8 Å². The van der Waals surface area contributed by atoms with Crippen LogP contribution in [0.4, 0.5) is 0 Å². The first-order valence-electron chi connectivity index (χ1n) is 18.6. The summed E-state index contributed by atoms with van der Waals surface area (Å²) in [6.07, 6.45) is -1.27. The van der Waals surface area contributed by atoms with Crippen LogP contribution >= 0.6 is 0 Å². The number of ether oxygens (including phenoxy) is 6. The van der Waals surface area contributed by atoms with Gasteiger partial charge >= 0.3 is 5.97 Å². The van der Waals surface area contributed by atoms with Gasteiger partial charge in [-0.3, -0.25) is 4.99 Å². The molecule has 1 saturated heterocycles. The number of carbonyl (C=O) groups excluding carboxylic acids is 1. The van der Waals surface area contributed by atoms with Gasteiger partial charge in [0.2, 0.25) is 0 Å². The van der Waals surface area contributed by atoms with E-state index in [0.29, 0.717) is 6.61 Å². The summed E-state index contributed by atoms with van der Waals surface area (Å²) in [5.41, 5.74) is 3.37. The molecule has 5 atom stereocenters. The molecule has 1 aliphatic heterocycles. The standard InChI is InChI=1S/C47H49NO7/c1-3-29-47(44(46(49)50-2)48-30-36-19-9-4-10-20-36)45(54-34-40-27-17-8-18-28-40)43(53-33-39-25-15-7-16-26-39)42(52-32-38-23-13-6-14-24-38)41(55-47)35-51-31-37-21-11-5-12-22-37/h3-28,41-43,45H,1,29-35H2,2H3/b48-44+/t41?,42-,43+,45?,47-/m0/s1. The Hall–Kier alpha value is -5.22. The van der Waals surface area contributed by atoms with Crippen molar-refractivity contribution in [2.45, 2.75) is 69.4 Å². The number of nitrogens with zero attached hydrogens (tertiary/aromatic N) is 1. The Labute approximate surface area is 324 Å². The minimum atomic E-state index is -1.52. The predicted octanol–water partition coefficient (Wildman–Crippen LogP) is 8.49. The number of hydrogen-bond donors (Lipinski definition) is 0. The molecule has 1 fully saturated rings. The second-order valence-corrected chi connectivity index (χ2v) is 13.4. The Bertz CT molecular complexity index is 1910. The number of esters is 1. The molecule has 284 valence electrons. The SMILES string of the molecule is C=CC[C@@]1(/C(=N/Cc2ccccc2)C(=O)OC)OC(COCc2ccccc2)[C@H](OCc2ccccc2)[C@@H](OCc2ccccc2)C1OCc1ccccc1. The van der Waals surface area contributed by atoms with Crippen LogP contribution in [0.5, 0.6) is 0 Å². The Morgan fingerprint density at radius 3 is 1.55 bits per heavy atom. The Balaban J connectivity index is 1.47. The van der Waals surface area contributed by atoms with Crippen molar-refractivity contribution in [3.05, 3.63) is 192 Å². The van der Waals surface area contributed by atoms with Gasteiger partial charge in [-0.15, -0.1) is 6.58 Å². The lowest BCUT2D eigenvalue weighted by atomic mass is 9.78. The van der Waals surface area contributed by atoms with Crippen molar-refractivity contribution in [3.8, 4) is 0 Å². The van der Waals surface area contributed by atoms with Crippen LogP contribution in [0, 0.1) is 0 Å². The lowest BCUT2D eigenvalue weighted by Gasteiger charge is -2.52. The van der Waals surface area contributed by atoms with Crippen molar-refractivity contribution in [3.63, 3.8) is 0 Å². The third-order valence-electron chi connectivity index (χ3n) is 9.54. The molecular formula is C47H49NO7. The molecule has 55 heavy (non-hydrogen) atoms. The average molecular weight is 740 g/mol. The van der Waals surface area contributed by atoms with Crippen LogP contribution in [-0.4, -0.2) is 55.4 Å². The molecular weight excluding hydrogens is 691 g/mol. The molecule has 8 heteroatoms. The third kappa shape index (κ3) is 10.7. The first-order chi connectivity index (χ1) is 27.1. The molecule has 1 aliphatic rings. The van der Waals surface area contributed by atoms with Crippen LogP contribution in [0.2, 0.25) is 0 Å². The summed E-state index contributed by atoms with van der Waals surface area (Å²) in [6.45, 7) is 5.53. The summed E-state index contributed by atoms with van der Waals surface area (Å²) in [5, 5.41) is 0. The summed E-state index contributed by atoms with van der Waals surface area (Å²) in [4.78, 5) is 19.1. The van der Waals surface area contributed by atoms with E-state index in [1.54, 1.807) is 6.08 Å². The van der Waals surface area contributed by atoms with Gasteiger partial charge < -0.3 is 28.4 Å². The number of hydrogen-bond acceptors (Lipinski definition) is 8. The zero-order valence-corrected chi connectivity index (χ0v) is 31.3. The topological polar surface area (TPSA) is 84.8 Å². The lowest BCUT2D eigenvalue weighted by Crippen LogP contribution is -2.70. The zero-order valence-electron chi connectivity index (χ0n) is 31.3. The minimum absolute atomic E-state index is 0.0692. The van der Waals surface area contributed by atoms with E-state index >= 15 is 0 Å². The maximum Gasteiger partial charge on any atom is 0.355 e. The van der Waals surface area contributed by atoms with E-state index in [1.165, 1.54) is 7.11 Å². The van der Waals surface area contributed by atoms with Crippen molar-refractivity contribution in [1.29, 1.82) is 0 Å². The van der Waals surface area contributed by atoms with Crippen LogP contribution < -0.4 is 0 Å². The number of rotatable bonds is 19. The Morgan fingerprint density at radius 2 is 1.07 bits per heavy atom. The van der Waals surface area contributed by atoms with Gasteiger partial charge in [0.25, 0.3) is 0 Å². The molecule has 0 spiro atoms. The third-order valence-corrected chi connectivity index (χ3v) is 9.54. The summed E-state index contributed by atoms with van der Waals surface area (Å²) in [7, 11) is 1.35. The number of aliphatic imine (C=N–C) groups is 1. The maximum atomic E-state index is 14.1. The smallest absolute Gasteiger partial charge is 0.355 e. The summed E-state index contributed by atoms with van der Waals surface area (Å²) in [6, 6.07) is 49.5. The lowest BCUT2D eigenvalue weighted by molar-refractivity contribution is -0.289. The number of benzene rings is 5. The van der Waals surface area contributed by atoms with E-state index in [4.69, 9.17) is 33.4 Å². The van der Waals surface area contributed by atoms with Crippen LogP contribution in [0.1, 0.15) is 34.2 Å². The fourth-order valence-corrected chi connectivity index (χ4v) is 6.84. The molecule has 1 heterocycles. The predicted molar refractivity (Wildman–Crippen MR) is 213 cm³/mol. The summed E-state index contributed by atoms with van der Waals surface area (Å²) >= 11 is 0. The second-order valence-electron chi connectivity index (χ2n) is 13.4. The van der Waals surface area contributed by atoms with Gasteiger partial charge in [-0.1, -0.05) is 158 Å². The normalized spacial score (nSPS) is 21.1. The largest absolute Gasteiger partial charge is 0.464 e. The molecule has 6 rings (SSSR count). The fraction of sp³-hybridized carbons (Fsp3) is 0.277. The summed E-state index contributed by atoms with van der Waals surface area (Å²) in [5.74, 6) is -0.638. The van der Waals surface area contributed by atoms with Gasteiger partial charge in [-0.2, -0.15) is 0 Å². The Kier molecular flexibility index (Phi) is 14.7. The first-order valence-corrected chi connectivity index (χ1v) is 18.6.